The van der Waals surface area contributed by atoms with Gasteiger partial charge in [-0.05, 0) is 28.8 Å². The minimum absolute atomic E-state index is 0.0766. The number of halogens is 1. The third kappa shape index (κ3) is 2.69. The lowest BCUT2D eigenvalue weighted by atomic mass is 9.90. The molecule has 0 saturated heterocycles. The van der Waals surface area contributed by atoms with Crippen molar-refractivity contribution in [3.8, 4) is 0 Å². The molecule has 19 heavy (non-hydrogen) atoms. The molecule has 1 unspecified atom stereocenters. The van der Waals surface area contributed by atoms with Gasteiger partial charge in [0.05, 0.1) is 0 Å². The molecule has 0 radical (unpaired) electrons. The molecule has 0 saturated carbocycles. The second-order valence-electron chi connectivity index (χ2n) is 4.36. The van der Waals surface area contributed by atoms with Crippen LogP contribution in [0.2, 0.25) is 0 Å². The Labute approximate surface area is 119 Å². The highest BCUT2D eigenvalue weighted by Crippen LogP contribution is 2.40. The Morgan fingerprint density at radius 2 is 1.79 bits per heavy atom. The normalized spacial score (nSPS) is 16.5. The van der Waals surface area contributed by atoms with Crippen molar-refractivity contribution in [2.75, 3.05) is 0 Å². The second kappa shape index (κ2) is 6.25. The van der Waals surface area contributed by atoms with E-state index in [2.05, 4.69) is 19.1 Å². The third-order valence-corrected chi connectivity index (χ3v) is 4.48. The first-order valence-corrected chi connectivity index (χ1v) is 7.75. The van der Waals surface area contributed by atoms with Crippen molar-refractivity contribution in [3.63, 3.8) is 0 Å². The summed E-state index contributed by atoms with van der Waals surface area (Å²) in [6.45, 7) is 6.09. The Bertz CT molecular complexity index is 563. The molecule has 0 fully saturated rings. The maximum Gasteiger partial charge on any atom is 0.127 e. The monoisotopic (exact) mass is 274 g/mol. The largest absolute Gasteiger partial charge is 0.207 e. The summed E-state index contributed by atoms with van der Waals surface area (Å²) in [5.74, 6) is 0.916. The molecule has 2 heteroatoms. The van der Waals surface area contributed by atoms with E-state index in [4.69, 9.17) is 0 Å². The average molecular weight is 274 g/mol. The first-order valence-electron chi connectivity index (χ1n) is 6.76. The van der Waals surface area contributed by atoms with Gasteiger partial charge in [-0.1, -0.05) is 51.1 Å². The van der Waals surface area contributed by atoms with Gasteiger partial charge in [0, 0.05) is 16.6 Å². The van der Waals surface area contributed by atoms with Crippen molar-refractivity contribution >= 4 is 11.8 Å². The lowest BCUT2D eigenvalue weighted by molar-refractivity contribution is 0.600. The van der Waals surface area contributed by atoms with E-state index in [1.54, 1.807) is 23.9 Å². The molecule has 0 aliphatic carbocycles. The summed E-state index contributed by atoms with van der Waals surface area (Å²) >= 11 is 1.80. The molecule has 0 spiro atoms. The smallest absolute Gasteiger partial charge is 0.127 e. The lowest BCUT2D eigenvalue weighted by Gasteiger charge is -2.15. The number of fused-ring (bicyclic) bond motifs is 2. The summed E-state index contributed by atoms with van der Waals surface area (Å²) in [6.07, 6.45) is 0. The number of thioether (sulfide) groups is 1. The Hall–Kier alpha value is -1.28. The van der Waals surface area contributed by atoms with Crippen molar-refractivity contribution in [2.45, 2.75) is 37.3 Å². The Kier molecular flexibility index (Phi) is 4.65. The van der Waals surface area contributed by atoms with E-state index in [1.165, 1.54) is 10.5 Å². The fourth-order valence-corrected chi connectivity index (χ4v) is 3.62. The van der Waals surface area contributed by atoms with Gasteiger partial charge in [-0.2, -0.15) is 0 Å². The Morgan fingerprint density at radius 1 is 1.05 bits per heavy atom. The molecule has 100 valence electrons. The lowest BCUT2D eigenvalue weighted by Crippen LogP contribution is -2.02. The second-order valence-corrected chi connectivity index (χ2v) is 5.38. The van der Waals surface area contributed by atoms with Crippen LogP contribution in [0.25, 0.3) is 0 Å². The van der Waals surface area contributed by atoms with E-state index in [1.807, 2.05) is 32.0 Å². The van der Waals surface area contributed by atoms with Crippen molar-refractivity contribution in [3.05, 3.63) is 65.0 Å². The summed E-state index contributed by atoms with van der Waals surface area (Å²) in [5.41, 5.74) is 3.23. The van der Waals surface area contributed by atoms with Crippen molar-refractivity contribution in [2.24, 2.45) is 0 Å². The van der Waals surface area contributed by atoms with Crippen molar-refractivity contribution in [1.82, 2.24) is 0 Å². The summed E-state index contributed by atoms with van der Waals surface area (Å²) in [4.78, 5) is 1.27. The van der Waals surface area contributed by atoms with Gasteiger partial charge in [0.1, 0.15) is 5.82 Å². The van der Waals surface area contributed by atoms with Gasteiger partial charge in [0.25, 0.3) is 0 Å². The minimum Gasteiger partial charge on any atom is -0.207 e. The first kappa shape index (κ1) is 14.1. The number of rotatable bonds is 0. The van der Waals surface area contributed by atoms with E-state index < -0.39 is 0 Å². The van der Waals surface area contributed by atoms with E-state index in [9.17, 15) is 4.39 Å². The quantitative estimate of drug-likeness (QED) is 0.601. The molecule has 1 aliphatic heterocycles. The fraction of sp³-hybridized carbons (Fsp3) is 0.294. The summed E-state index contributed by atoms with van der Waals surface area (Å²) < 4.78 is 14.0. The van der Waals surface area contributed by atoms with Gasteiger partial charge in [0.2, 0.25) is 0 Å². The van der Waals surface area contributed by atoms with Crippen molar-refractivity contribution in [1.29, 1.82) is 0 Å². The fourth-order valence-electron chi connectivity index (χ4n) is 2.47. The molecule has 0 aromatic heterocycles. The topological polar surface area (TPSA) is 0 Å². The van der Waals surface area contributed by atoms with Crippen LogP contribution in [-0.4, -0.2) is 0 Å². The number of hydrogen-bond donors (Lipinski definition) is 0. The van der Waals surface area contributed by atoms with Gasteiger partial charge in [-0.25, -0.2) is 4.39 Å². The van der Waals surface area contributed by atoms with Crippen LogP contribution in [0.4, 0.5) is 4.39 Å². The standard InChI is InChI=1S/C15H13FS.C2H6/c1-10-12-6-2-3-8-14(12)17-9-11-5-4-7-13(16)15(10)11;1-2/h2-8,10H,9H2,1H3;1-2H3. The number of benzene rings is 2. The molecule has 1 atom stereocenters. The van der Waals surface area contributed by atoms with Crippen LogP contribution >= 0.6 is 11.8 Å². The van der Waals surface area contributed by atoms with Crippen LogP contribution in [0.3, 0.4) is 0 Å². The molecule has 2 aromatic rings. The zero-order chi connectivity index (χ0) is 13.8. The maximum atomic E-state index is 14.0. The van der Waals surface area contributed by atoms with Crippen molar-refractivity contribution < 1.29 is 4.39 Å². The molecule has 1 heterocycles. The molecular formula is C17H19FS. The summed E-state index contributed by atoms with van der Waals surface area (Å²) in [7, 11) is 0. The predicted molar refractivity (Wildman–Crippen MR) is 81.3 cm³/mol. The Balaban J connectivity index is 0.000000637. The van der Waals surface area contributed by atoms with Gasteiger partial charge in [-0.15, -0.1) is 11.8 Å². The zero-order valence-corrected chi connectivity index (χ0v) is 12.4. The molecule has 0 nitrogen and oxygen atoms in total. The predicted octanol–water partition coefficient (Wildman–Crippen LogP) is 5.61. The summed E-state index contributed by atoms with van der Waals surface area (Å²) in [6, 6.07) is 13.7. The molecule has 1 aliphatic rings. The van der Waals surface area contributed by atoms with E-state index >= 15 is 0 Å². The average Bonchev–Trinajstić information content (AvgIpc) is 2.60. The van der Waals surface area contributed by atoms with Gasteiger partial charge in [0.15, 0.2) is 0 Å². The van der Waals surface area contributed by atoms with Crippen LogP contribution < -0.4 is 0 Å². The van der Waals surface area contributed by atoms with Crippen LogP contribution in [0.5, 0.6) is 0 Å². The molecule has 3 rings (SSSR count). The first-order chi connectivity index (χ1) is 9.27. The van der Waals surface area contributed by atoms with E-state index in [0.29, 0.717) is 0 Å². The number of hydrogen-bond acceptors (Lipinski definition) is 1. The SMILES string of the molecule is CC.CC1c2ccccc2SCc2cccc(F)c21. The molecule has 2 aromatic carbocycles. The van der Waals surface area contributed by atoms with Crippen LogP contribution in [0.15, 0.2) is 47.4 Å². The van der Waals surface area contributed by atoms with Gasteiger partial charge >= 0.3 is 0 Å². The third-order valence-electron chi connectivity index (χ3n) is 3.34. The van der Waals surface area contributed by atoms with E-state index in [-0.39, 0.29) is 11.7 Å². The van der Waals surface area contributed by atoms with Crippen LogP contribution in [-0.2, 0) is 5.75 Å². The van der Waals surface area contributed by atoms with Crippen LogP contribution in [0.1, 0.15) is 43.4 Å². The van der Waals surface area contributed by atoms with Crippen LogP contribution in [0, 0.1) is 5.82 Å². The molecular weight excluding hydrogens is 255 g/mol. The van der Waals surface area contributed by atoms with E-state index in [0.717, 1.165) is 16.9 Å². The van der Waals surface area contributed by atoms with Gasteiger partial charge < -0.3 is 0 Å². The zero-order valence-electron chi connectivity index (χ0n) is 11.6. The minimum atomic E-state index is -0.0766. The maximum absolute atomic E-state index is 14.0. The highest BCUT2D eigenvalue weighted by molar-refractivity contribution is 7.98. The van der Waals surface area contributed by atoms with Gasteiger partial charge in [-0.3, -0.25) is 0 Å². The Morgan fingerprint density at radius 3 is 2.58 bits per heavy atom. The molecule has 0 bridgehead atoms. The highest BCUT2D eigenvalue weighted by Gasteiger charge is 2.22. The molecule has 0 amide bonds. The highest BCUT2D eigenvalue weighted by atomic mass is 32.2. The summed E-state index contributed by atoms with van der Waals surface area (Å²) in [5, 5.41) is 0. The molecule has 0 N–H and O–H groups in total.